The number of carbonyl (C=O) groups excluding carboxylic acids is 2. The Bertz CT molecular complexity index is 977. The van der Waals surface area contributed by atoms with E-state index in [-0.39, 0.29) is 27.8 Å². The quantitative estimate of drug-likeness (QED) is 0.676. The van der Waals surface area contributed by atoms with Crippen molar-refractivity contribution >= 4 is 46.5 Å². The summed E-state index contributed by atoms with van der Waals surface area (Å²) < 4.78 is 18.4. The molecule has 2 heterocycles. The third-order valence-electron chi connectivity index (χ3n) is 5.16. The number of amides is 2. The second kappa shape index (κ2) is 9.48. The normalized spacial score (nSPS) is 20.9. The fourth-order valence-corrected chi connectivity index (χ4v) is 4.08. The third-order valence-corrected chi connectivity index (χ3v) is 5.75. The number of pyridine rings is 1. The molecule has 2 amide bonds. The molecule has 0 spiro atoms. The number of hydrogen-bond donors (Lipinski definition) is 2. The summed E-state index contributed by atoms with van der Waals surface area (Å²) in [4.78, 5) is 30.9. The Kier molecular flexibility index (Phi) is 6.71. The van der Waals surface area contributed by atoms with E-state index < -0.39 is 23.9 Å². The standard InChI is InChI=1S/C21H21Cl2FN4O3/c22-15-7-12(11-28-3-5-31-6-4-28)8-16(23)19(15)21(30)26-13-1-2-25-18(9-13)27-20(29)14-10-17(14)24/h1-2,7-9,14,17H,3-6,10-11H2,(H2,25,26,27,29,30). The number of hydrogen-bond acceptors (Lipinski definition) is 5. The van der Waals surface area contributed by atoms with Crippen molar-refractivity contribution in [2.75, 3.05) is 36.9 Å². The van der Waals surface area contributed by atoms with E-state index in [1.54, 1.807) is 18.2 Å². The summed E-state index contributed by atoms with van der Waals surface area (Å²) in [7, 11) is 0. The van der Waals surface area contributed by atoms with E-state index >= 15 is 0 Å². The van der Waals surface area contributed by atoms with Gasteiger partial charge in [0.15, 0.2) is 0 Å². The topological polar surface area (TPSA) is 83.6 Å². The van der Waals surface area contributed by atoms with Crippen LogP contribution in [0.3, 0.4) is 0 Å². The van der Waals surface area contributed by atoms with Crippen LogP contribution in [0.1, 0.15) is 22.3 Å². The van der Waals surface area contributed by atoms with Crippen LogP contribution in [0, 0.1) is 5.92 Å². The van der Waals surface area contributed by atoms with Gasteiger partial charge in [-0.15, -0.1) is 0 Å². The first-order valence-electron chi connectivity index (χ1n) is 9.91. The Labute approximate surface area is 188 Å². The average molecular weight is 467 g/mol. The largest absolute Gasteiger partial charge is 0.379 e. The van der Waals surface area contributed by atoms with Gasteiger partial charge in [-0.3, -0.25) is 14.5 Å². The number of nitrogens with one attached hydrogen (secondary N) is 2. The van der Waals surface area contributed by atoms with Gasteiger partial charge in [0.25, 0.3) is 5.91 Å². The van der Waals surface area contributed by atoms with Crippen LogP contribution in [0.25, 0.3) is 0 Å². The van der Waals surface area contributed by atoms with Gasteiger partial charge >= 0.3 is 0 Å². The summed E-state index contributed by atoms with van der Waals surface area (Å²) >= 11 is 12.8. The molecule has 164 valence electrons. The summed E-state index contributed by atoms with van der Waals surface area (Å²) in [6.07, 6.45) is 0.555. The molecular formula is C21H21Cl2FN4O3. The fraction of sp³-hybridized carbons (Fsp3) is 0.381. The average Bonchev–Trinajstić information content (AvgIpc) is 3.45. The first-order valence-corrected chi connectivity index (χ1v) is 10.7. The number of anilines is 2. The Morgan fingerprint density at radius 1 is 1.16 bits per heavy atom. The van der Waals surface area contributed by atoms with Gasteiger partial charge in [-0.2, -0.15) is 0 Å². The molecule has 7 nitrogen and oxygen atoms in total. The molecule has 2 aliphatic rings. The zero-order chi connectivity index (χ0) is 22.0. The van der Waals surface area contributed by atoms with Gasteiger partial charge in [0.2, 0.25) is 5.91 Å². The summed E-state index contributed by atoms with van der Waals surface area (Å²) in [6, 6.07) is 6.52. The van der Waals surface area contributed by atoms with Crippen LogP contribution >= 0.6 is 23.2 Å². The molecule has 2 aromatic rings. The van der Waals surface area contributed by atoms with E-state index in [0.717, 1.165) is 18.7 Å². The van der Waals surface area contributed by atoms with E-state index in [4.69, 9.17) is 27.9 Å². The van der Waals surface area contributed by atoms with Crippen LogP contribution in [-0.4, -0.2) is 54.2 Å². The van der Waals surface area contributed by atoms with Gasteiger partial charge < -0.3 is 15.4 Å². The highest BCUT2D eigenvalue weighted by atomic mass is 35.5. The first kappa shape index (κ1) is 22.0. The lowest BCUT2D eigenvalue weighted by Gasteiger charge is -2.26. The van der Waals surface area contributed by atoms with Crippen LogP contribution in [-0.2, 0) is 16.1 Å². The number of nitrogens with zero attached hydrogens (tertiary/aromatic N) is 2. The number of halogens is 3. The third kappa shape index (κ3) is 5.51. The van der Waals surface area contributed by atoms with Crippen molar-refractivity contribution in [3.8, 4) is 0 Å². The number of aromatic nitrogens is 1. The maximum Gasteiger partial charge on any atom is 0.258 e. The van der Waals surface area contributed by atoms with E-state index in [9.17, 15) is 14.0 Å². The Morgan fingerprint density at radius 3 is 2.48 bits per heavy atom. The zero-order valence-electron chi connectivity index (χ0n) is 16.5. The number of rotatable bonds is 6. The van der Waals surface area contributed by atoms with Gasteiger partial charge in [-0.1, -0.05) is 23.2 Å². The van der Waals surface area contributed by atoms with Gasteiger partial charge in [0.05, 0.1) is 34.7 Å². The molecule has 1 aliphatic heterocycles. The van der Waals surface area contributed by atoms with Gasteiger partial charge in [-0.05, 0) is 30.2 Å². The smallest absolute Gasteiger partial charge is 0.258 e. The highest BCUT2D eigenvalue weighted by molar-refractivity contribution is 6.40. The zero-order valence-corrected chi connectivity index (χ0v) is 18.0. The van der Waals surface area contributed by atoms with Crippen LogP contribution in [0.5, 0.6) is 0 Å². The predicted octanol–water partition coefficient (Wildman–Crippen LogP) is 3.77. The molecule has 31 heavy (non-hydrogen) atoms. The molecule has 2 atom stereocenters. The van der Waals surface area contributed by atoms with Crippen molar-refractivity contribution < 1.29 is 18.7 Å². The summed E-state index contributed by atoms with van der Waals surface area (Å²) in [6.45, 7) is 3.69. The maximum atomic E-state index is 13.0. The Hall–Kier alpha value is -2.26. The molecule has 2 N–H and O–H groups in total. The van der Waals surface area contributed by atoms with Crippen LogP contribution in [0.2, 0.25) is 10.0 Å². The van der Waals surface area contributed by atoms with E-state index in [2.05, 4.69) is 20.5 Å². The Balaban J connectivity index is 1.43. The highest BCUT2D eigenvalue weighted by Gasteiger charge is 2.43. The fourth-order valence-electron chi connectivity index (χ4n) is 3.38. The number of ether oxygens (including phenoxy) is 1. The van der Waals surface area contributed by atoms with E-state index in [1.807, 2.05) is 0 Å². The number of carbonyl (C=O) groups is 2. The van der Waals surface area contributed by atoms with Crippen LogP contribution in [0.15, 0.2) is 30.5 Å². The number of morpholine rings is 1. The minimum atomic E-state index is -1.10. The molecular weight excluding hydrogens is 446 g/mol. The molecule has 1 saturated heterocycles. The van der Waals surface area contributed by atoms with E-state index in [1.165, 1.54) is 12.3 Å². The second-order valence-electron chi connectivity index (χ2n) is 7.55. The first-order chi connectivity index (χ1) is 14.9. The molecule has 1 aliphatic carbocycles. The highest BCUT2D eigenvalue weighted by Crippen LogP contribution is 2.34. The molecule has 1 aromatic carbocycles. The molecule has 4 rings (SSSR count). The van der Waals surface area contributed by atoms with Crippen molar-refractivity contribution in [1.29, 1.82) is 0 Å². The molecule has 0 bridgehead atoms. The van der Waals surface area contributed by atoms with Gasteiger partial charge in [0.1, 0.15) is 12.0 Å². The number of benzene rings is 1. The lowest BCUT2D eigenvalue weighted by molar-refractivity contribution is -0.117. The van der Waals surface area contributed by atoms with Crippen molar-refractivity contribution in [3.63, 3.8) is 0 Å². The number of alkyl halides is 1. The second-order valence-corrected chi connectivity index (χ2v) is 8.37. The van der Waals surface area contributed by atoms with Crippen LogP contribution in [0.4, 0.5) is 15.9 Å². The predicted molar refractivity (Wildman–Crippen MR) is 116 cm³/mol. The van der Waals surface area contributed by atoms with Crippen molar-refractivity contribution in [2.24, 2.45) is 5.92 Å². The lowest BCUT2D eigenvalue weighted by atomic mass is 10.1. The minimum Gasteiger partial charge on any atom is -0.379 e. The SMILES string of the molecule is O=C(Nc1ccnc(NC(=O)C2CC2F)c1)c1c(Cl)cc(CN2CCOCC2)cc1Cl. The summed E-state index contributed by atoms with van der Waals surface area (Å²) in [5, 5.41) is 5.75. The van der Waals surface area contributed by atoms with Gasteiger partial charge in [0, 0.05) is 37.6 Å². The monoisotopic (exact) mass is 466 g/mol. The van der Waals surface area contributed by atoms with Crippen molar-refractivity contribution in [3.05, 3.63) is 51.6 Å². The minimum absolute atomic E-state index is 0.162. The van der Waals surface area contributed by atoms with E-state index in [0.29, 0.717) is 25.4 Å². The lowest BCUT2D eigenvalue weighted by Crippen LogP contribution is -2.35. The molecule has 1 saturated carbocycles. The summed E-state index contributed by atoms with van der Waals surface area (Å²) in [5.74, 6) is -1.32. The Morgan fingerprint density at radius 2 is 1.84 bits per heavy atom. The van der Waals surface area contributed by atoms with Crippen LogP contribution < -0.4 is 10.6 Å². The molecule has 2 unspecified atom stereocenters. The van der Waals surface area contributed by atoms with Gasteiger partial charge in [-0.25, -0.2) is 9.37 Å². The molecule has 1 aromatic heterocycles. The molecule has 10 heteroatoms. The summed E-state index contributed by atoms with van der Waals surface area (Å²) in [5.41, 5.74) is 1.47. The molecule has 0 radical (unpaired) electrons. The van der Waals surface area contributed by atoms with Crippen molar-refractivity contribution in [2.45, 2.75) is 19.1 Å². The molecule has 2 fully saturated rings. The maximum absolute atomic E-state index is 13.0. The van der Waals surface area contributed by atoms with Crippen molar-refractivity contribution in [1.82, 2.24) is 9.88 Å².